The van der Waals surface area contributed by atoms with Gasteiger partial charge in [0.2, 0.25) is 0 Å². The molecule has 1 N–H and O–H groups in total. The minimum absolute atomic E-state index is 0.554. The molecule has 88 valence electrons. The first-order chi connectivity index (χ1) is 8.06. The number of halogens is 1. The fraction of sp³-hybridized carbons (Fsp3) is 0.200. The summed E-state index contributed by atoms with van der Waals surface area (Å²) in [6.07, 6.45) is -0.554. The zero-order valence-corrected chi connectivity index (χ0v) is 11.5. The van der Waals surface area contributed by atoms with Gasteiger partial charge in [-0.25, -0.2) is 0 Å². The van der Waals surface area contributed by atoms with E-state index in [9.17, 15) is 5.11 Å². The van der Waals surface area contributed by atoms with Crippen LogP contribution in [0.3, 0.4) is 0 Å². The van der Waals surface area contributed by atoms with Crippen molar-refractivity contribution in [1.29, 1.82) is 0 Å². The van der Waals surface area contributed by atoms with E-state index in [2.05, 4.69) is 22.0 Å². The van der Waals surface area contributed by atoms with Gasteiger partial charge < -0.3 is 5.11 Å². The zero-order valence-electron chi connectivity index (χ0n) is 9.94. The molecule has 0 radical (unpaired) electrons. The summed E-state index contributed by atoms with van der Waals surface area (Å²) in [5.41, 5.74) is 4.22. The first-order valence-corrected chi connectivity index (χ1v) is 6.37. The van der Waals surface area contributed by atoms with Crippen molar-refractivity contribution in [3.8, 4) is 0 Å². The van der Waals surface area contributed by atoms with Crippen molar-refractivity contribution in [3.63, 3.8) is 0 Å². The van der Waals surface area contributed by atoms with E-state index >= 15 is 0 Å². The van der Waals surface area contributed by atoms with Crippen LogP contribution in [0.4, 0.5) is 0 Å². The third kappa shape index (κ3) is 2.96. The van der Waals surface area contributed by atoms with Crippen molar-refractivity contribution in [2.45, 2.75) is 20.0 Å². The Morgan fingerprint density at radius 1 is 0.882 bits per heavy atom. The molecule has 0 aliphatic heterocycles. The maximum atomic E-state index is 10.3. The maximum absolute atomic E-state index is 10.3. The third-order valence-electron chi connectivity index (χ3n) is 2.75. The molecule has 2 heteroatoms. The molecular weight excluding hydrogens is 276 g/mol. The summed E-state index contributed by atoms with van der Waals surface area (Å²) >= 11 is 3.39. The Hall–Kier alpha value is -1.12. The molecule has 2 aromatic rings. The Kier molecular flexibility index (Phi) is 3.65. The second kappa shape index (κ2) is 5.03. The van der Waals surface area contributed by atoms with E-state index in [1.165, 1.54) is 11.1 Å². The average Bonchev–Trinajstić information content (AvgIpc) is 2.28. The van der Waals surface area contributed by atoms with Gasteiger partial charge in [0, 0.05) is 4.47 Å². The second-order valence-electron chi connectivity index (χ2n) is 4.38. The molecule has 0 saturated heterocycles. The van der Waals surface area contributed by atoms with Gasteiger partial charge in [0.1, 0.15) is 6.10 Å². The molecule has 0 bridgehead atoms. The van der Waals surface area contributed by atoms with Crippen molar-refractivity contribution >= 4 is 15.9 Å². The maximum Gasteiger partial charge on any atom is 0.104 e. The van der Waals surface area contributed by atoms with E-state index in [1.807, 2.05) is 50.2 Å². The highest BCUT2D eigenvalue weighted by atomic mass is 79.9. The molecule has 0 saturated carbocycles. The van der Waals surface area contributed by atoms with E-state index in [0.29, 0.717) is 0 Å². The number of benzene rings is 2. The molecule has 1 atom stereocenters. The van der Waals surface area contributed by atoms with E-state index in [0.717, 1.165) is 15.6 Å². The first kappa shape index (κ1) is 12.3. The van der Waals surface area contributed by atoms with Crippen LogP contribution in [0.1, 0.15) is 28.4 Å². The van der Waals surface area contributed by atoms with Gasteiger partial charge in [0.15, 0.2) is 0 Å². The Labute approximate surface area is 110 Å². The summed E-state index contributed by atoms with van der Waals surface area (Å²) in [6.45, 7) is 4.09. The van der Waals surface area contributed by atoms with Crippen molar-refractivity contribution < 1.29 is 5.11 Å². The summed E-state index contributed by atoms with van der Waals surface area (Å²) in [6, 6.07) is 13.9. The number of aryl methyl sites for hydroxylation is 2. The summed E-state index contributed by atoms with van der Waals surface area (Å²) in [5, 5.41) is 10.3. The van der Waals surface area contributed by atoms with Gasteiger partial charge in [-0.2, -0.15) is 0 Å². The van der Waals surface area contributed by atoms with Crippen LogP contribution in [-0.2, 0) is 0 Å². The van der Waals surface area contributed by atoms with Gasteiger partial charge in [0.25, 0.3) is 0 Å². The standard InChI is InChI=1S/C15H15BrO/c1-10-7-11(2)9-13(8-10)15(17)12-3-5-14(16)6-4-12/h3-9,15,17H,1-2H3. The predicted molar refractivity (Wildman–Crippen MR) is 74.1 cm³/mol. The summed E-state index contributed by atoms with van der Waals surface area (Å²) in [4.78, 5) is 0. The molecule has 0 aromatic heterocycles. The molecule has 0 fully saturated rings. The molecule has 1 unspecified atom stereocenters. The summed E-state index contributed by atoms with van der Waals surface area (Å²) in [5.74, 6) is 0. The van der Waals surface area contributed by atoms with Gasteiger partial charge in [-0.05, 0) is 37.1 Å². The van der Waals surface area contributed by atoms with E-state index < -0.39 is 6.10 Å². The SMILES string of the molecule is Cc1cc(C)cc(C(O)c2ccc(Br)cc2)c1. The Morgan fingerprint density at radius 3 is 1.94 bits per heavy atom. The van der Waals surface area contributed by atoms with Gasteiger partial charge in [-0.1, -0.05) is 57.4 Å². The molecule has 0 aliphatic carbocycles. The Bertz CT molecular complexity index is 497. The van der Waals surface area contributed by atoms with Crippen molar-refractivity contribution in [2.24, 2.45) is 0 Å². The van der Waals surface area contributed by atoms with Gasteiger partial charge in [-0.3, -0.25) is 0 Å². The van der Waals surface area contributed by atoms with Crippen LogP contribution in [-0.4, -0.2) is 5.11 Å². The van der Waals surface area contributed by atoms with Crippen LogP contribution in [0.2, 0.25) is 0 Å². The lowest BCUT2D eigenvalue weighted by Crippen LogP contribution is -2.00. The molecule has 2 rings (SSSR count). The number of rotatable bonds is 2. The highest BCUT2D eigenvalue weighted by Crippen LogP contribution is 2.25. The highest BCUT2D eigenvalue weighted by Gasteiger charge is 2.10. The van der Waals surface area contributed by atoms with Crippen LogP contribution in [0.5, 0.6) is 0 Å². The topological polar surface area (TPSA) is 20.2 Å². The lowest BCUT2D eigenvalue weighted by atomic mass is 9.98. The van der Waals surface area contributed by atoms with Crippen LogP contribution in [0.15, 0.2) is 46.9 Å². The fourth-order valence-electron chi connectivity index (χ4n) is 2.01. The van der Waals surface area contributed by atoms with E-state index in [-0.39, 0.29) is 0 Å². The molecule has 0 amide bonds. The predicted octanol–water partition coefficient (Wildman–Crippen LogP) is 4.15. The van der Waals surface area contributed by atoms with Gasteiger partial charge >= 0.3 is 0 Å². The minimum Gasteiger partial charge on any atom is -0.384 e. The fourth-order valence-corrected chi connectivity index (χ4v) is 2.27. The normalized spacial score (nSPS) is 12.5. The second-order valence-corrected chi connectivity index (χ2v) is 5.29. The number of aliphatic hydroxyl groups excluding tert-OH is 1. The van der Waals surface area contributed by atoms with Crippen LogP contribution < -0.4 is 0 Å². The molecule has 0 spiro atoms. The van der Waals surface area contributed by atoms with Gasteiger partial charge in [0.05, 0.1) is 0 Å². The van der Waals surface area contributed by atoms with Crippen LogP contribution in [0, 0.1) is 13.8 Å². The molecule has 2 aromatic carbocycles. The largest absolute Gasteiger partial charge is 0.384 e. The lowest BCUT2D eigenvalue weighted by Gasteiger charge is -2.13. The molecule has 0 heterocycles. The Morgan fingerprint density at radius 2 is 1.41 bits per heavy atom. The lowest BCUT2D eigenvalue weighted by molar-refractivity contribution is 0.220. The highest BCUT2D eigenvalue weighted by molar-refractivity contribution is 9.10. The quantitative estimate of drug-likeness (QED) is 0.881. The number of hydrogen-bond donors (Lipinski definition) is 1. The van der Waals surface area contributed by atoms with Crippen LogP contribution in [0.25, 0.3) is 0 Å². The monoisotopic (exact) mass is 290 g/mol. The van der Waals surface area contributed by atoms with E-state index in [1.54, 1.807) is 0 Å². The zero-order chi connectivity index (χ0) is 12.4. The van der Waals surface area contributed by atoms with Crippen molar-refractivity contribution in [1.82, 2.24) is 0 Å². The number of hydrogen-bond acceptors (Lipinski definition) is 1. The minimum atomic E-state index is -0.554. The summed E-state index contributed by atoms with van der Waals surface area (Å²) < 4.78 is 1.02. The molecular formula is C15H15BrO. The smallest absolute Gasteiger partial charge is 0.104 e. The molecule has 17 heavy (non-hydrogen) atoms. The average molecular weight is 291 g/mol. The molecule has 1 nitrogen and oxygen atoms in total. The van der Waals surface area contributed by atoms with E-state index in [4.69, 9.17) is 0 Å². The van der Waals surface area contributed by atoms with Crippen molar-refractivity contribution in [3.05, 3.63) is 69.2 Å². The third-order valence-corrected chi connectivity index (χ3v) is 3.27. The van der Waals surface area contributed by atoms with Crippen LogP contribution >= 0.6 is 15.9 Å². The Balaban J connectivity index is 2.36. The number of aliphatic hydroxyl groups is 1. The first-order valence-electron chi connectivity index (χ1n) is 5.58. The molecule has 0 aliphatic rings. The summed E-state index contributed by atoms with van der Waals surface area (Å²) in [7, 11) is 0. The van der Waals surface area contributed by atoms with Crippen molar-refractivity contribution in [2.75, 3.05) is 0 Å². The van der Waals surface area contributed by atoms with Gasteiger partial charge in [-0.15, -0.1) is 0 Å².